The largest absolute Gasteiger partial charge is 0.342 e. The molecule has 0 saturated carbocycles. The number of H-pyrrole nitrogens is 1. The van der Waals surface area contributed by atoms with Crippen LogP contribution in [0.25, 0.3) is 43.3 Å². The van der Waals surface area contributed by atoms with Gasteiger partial charge in [-0.2, -0.15) is 0 Å². The molecule has 1 N–H and O–H groups in total. The number of thiophene rings is 1. The molecule has 34 heavy (non-hydrogen) atoms. The van der Waals surface area contributed by atoms with Gasteiger partial charge < -0.3 is 9.55 Å². The lowest BCUT2D eigenvalue weighted by Gasteiger charge is -2.09. The predicted octanol–water partition coefficient (Wildman–Crippen LogP) is 6.69. The second kappa shape index (κ2) is 7.67. The summed E-state index contributed by atoms with van der Waals surface area (Å²) in [6.07, 6.45) is 6.55. The molecule has 1 aliphatic carbocycles. The molecular weight excluding hydrogens is 438 g/mol. The van der Waals surface area contributed by atoms with Crippen LogP contribution in [0.15, 0.2) is 77.7 Å². The molecule has 0 bridgehead atoms. The first-order valence-electron chi connectivity index (χ1n) is 11.9. The van der Waals surface area contributed by atoms with Crippen LogP contribution < -0.4 is 5.56 Å². The minimum atomic E-state index is -0.00900. The molecule has 0 radical (unpaired) electrons. The monoisotopic (exact) mass is 461 g/mol. The van der Waals surface area contributed by atoms with Crippen LogP contribution in [-0.4, -0.2) is 14.5 Å². The number of aryl methyl sites for hydroxylation is 2. The van der Waals surface area contributed by atoms with Gasteiger partial charge in [0.05, 0.1) is 5.39 Å². The summed E-state index contributed by atoms with van der Waals surface area (Å²) in [5, 5.41) is 4.42. The third kappa shape index (κ3) is 3.04. The fourth-order valence-corrected chi connectivity index (χ4v) is 6.73. The average molecular weight is 462 g/mol. The number of nitrogens with one attached hydrogen (secondary N) is 1. The van der Waals surface area contributed by atoms with Crippen LogP contribution in [0.3, 0.4) is 0 Å². The summed E-state index contributed by atoms with van der Waals surface area (Å²) < 4.78 is 2.27. The van der Waals surface area contributed by atoms with Crippen molar-refractivity contribution in [2.24, 2.45) is 0 Å². The summed E-state index contributed by atoms with van der Waals surface area (Å²) in [6, 6.07) is 23.4. The van der Waals surface area contributed by atoms with Crippen LogP contribution in [0.4, 0.5) is 0 Å². The summed E-state index contributed by atoms with van der Waals surface area (Å²) in [4.78, 5) is 23.5. The molecule has 0 spiro atoms. The number of hydrogen-bond donors (Lipinski definition) is 1. The molecule has 1 aliphatic rings. The van der Waals surface area contributed by atoms with E-state index < -0.39 is 0 Å². The molecule has 0 saturated heterocycles. The Morgan fingerprint density at radius 2 is 1.71 bits per heavy atom. The summed E-state index contributed by atoms with van der Waals surface area (Å²) in [5.74, 6) is 0.656. The van der Waals surface area contributed by atoms with E-state index in [0.717, 1.165) is 52.5 Å². The van der Waals surface area contributed by atoms with Crippen molar-refractivity contribution in [3.05, 3.63) is 99.3 Å². The quantitative estimate of drug-likeness (QED) is 0.319. The summed E-state index contributed by atoms with van der Waals surface area (Å²) >= 11 is 1.70. The number of nitrogens with zero attached hydrogens (tertiary/aromatic N) is 2. The third-order valence-corrected chi connectivity index (χ3v) is 8.28. The zero-order valence-electron chi connectivity index (χ0n) is 18.7. The first-order chi connectivity index (χ1) is 16.8. The van der Waals surface area contributed by atoms with E-state index in [9.17, 15) is 4.79 Å². The molecule has 0 amide bonds. The number of aromatic nitrogens is 3. The van der Waals surface area contributed by atoms with Crippen molar-refractivity contribution in [1.29, 1.82) is 0 Å². The maximum absolute atomic E-state index is 13.2. The highest BCUT2D eigenvalue weighted by Crippen LogP contribution is 2.36. The SMILES string of the molecule is O=c1[nH]c(-c2cn(Cc3cccc4ccccc34)c3ccccc23)nc2sc3c(c12)CCCC3. The van der Waals surface area contributed by atoms with Crippen LogP contribution in [-0.2, 0) is 19.4 Å². The maximum Gasteiger partial charge on any atom is 0.260 e. The van der Waals surface area contributed by atoms with E-state index in [1.165, 1.54) is 33.2 Å². The zero-order valence-corrected chi connectivity index (χ0v) is 19.5. The van der Waals surface area contributed by atoms with Crippen LogP contribution in [0, 0.1) is 0 Å². The Hall–Kier alpha value is -3.70. The molecule has 3 aromatic carbocycles. The summed E-state index contributed by atoms with van der Waals surface area (Å²) in [7, 11) is 0. The minimum Gasteiger partial charge on any atom is -0.342 e. The van der Waals surface area contributed by atoms with Crippen molar-refractivity contribution < 1.29 is 0 Å². The molecule has 6 aromatic rings. The molecule has 7 rings (SSSR count). The Morgan fingerprint density at radius 3 is 2.65 bits per heavy atom. The van der Waals surface area contributed by atoms with E-state index in [4.69, 9.17) is 4.98 Å². The van der Waals surface area contributed by atoms with Gasteiger partial charge >= 0.3 is 0 Å². The van der Waals surface area contributed by atoms with E-state index in [-0.39, 0.29) is 5.56 Å². The van der Waals surface area contributed by atoms with Gasteiger partial charge in [-0.05, 0) is 53.6 Å². The smallest absolute Gasteiger partial charge is 0.260 e. The fraction of sp³-hybridized carbons (Fsp3) is 0.172. The molecule has 0 atom stereocenters. The Morgan fingerprint density at radius 1 is 0.912 bits per heavy atom. The van der Waals surface area contributed by atoms with Crippen molar-refractivity contribution in [2.45, 2.75) is 32.2 Å². The second-order valence-electron chi connectivity index (χ2n) is 9.13. The van der Waals surface area contributed by atoms with Gasteiger partial charge in [0, 0.05) is 34.1 Å². The van der Waals surface area contributed by atoms with E-state index >= 15 is 0 Å². The van der Waals surface area contributed by atoms with E-state index in [1.54, 1.807) is 11.3 Å². The van der Waals surface area contributed by atoms with Crippen molar-refractivity contribution in [3.63, 3.8) is 0 Å². The standard InChI is InChI=1S/C29H23N3OS/c33-28-26-22-13-4-6-15-25(22)34-29(26)31-27(30-28)23-17-32(24-14-5-3-12-21(23)24)16-19-10-7-9-18-8-1-2-11-20(18)19/h1-3,5,7-12,14,17H,4,6,13,15-16H2,(H,30,31,33). The van der Waals surface area contributed by atoms with Gasteiger partial charge in [-0.25, -0.2) is 4.98 Å². The van der Waals surface area contributed by atoms with Gasteiger partial charge in [-0.15, -0.1) is 11.3 Å². The van der Waals surface area contributed by atoms with Gasteiger partial charge in [-0.3, -0.25) is 4.79 Å². The number of aromatic amines is 1. The van der Waals surface area contributed by atoms with Gasteiger partial charge in [0.25, 0.3) is 5.56 Å². The van der Waals surface area contributed by atoms with Crippen LogP contribution in [0.5, 0.6) is 0 Å². The van der Waals surface area contributed by atoms with Crippen LogP contribution >= 0.6 is 11.3 Å². The molecule has 0 fully saturated rings. The molecular formula is C29H23N3OS. The summed E-state index contributed by atoms with van der Waals surface area (Å²) in [5.41, 5.74) is 4.60. The molecule has 5 heteroatoms. The Balaban J connectivity index is 1.40. The average Bonchev–Trinajstić information content (AvgIpc) is 3.43. The van der Waals surface area contributed by atoms with Gasteiger partial charge in [-0.1, -0.05) is 60.7 Å². The maximum atomic E-state index is 13.2. The number of benzene rings is 3. The van der Waals surface area contributed by atoms with Crippen molar-refractivity contribution in [1.82, 2.24) is 14.5 Å². The topological polar surface area (TPSA) is 50.7 Å². The Labute approximate surface area is 200 Å². The first kappa shape index (κ1) is 19.7. The zero-order chi connectivity index (χ0) is 22.6. The lowest BCUT2D eigenvalue weighted by molar-refractivity contribution is 0.700. The predicted molar refractivity (Wildman–Crippen MR) is 141 cm³/mol. The van der Waals surface area contributed by atoms with Gasteiger partial charge in [0.15, 0.2) is 0 Å². The third-order valence-electron chi connectivity index (χ3n) is 7.09. The van der Waals surface area contributed by atoms with E-state index in [2.05, 4.69) is 82.5 Å². The molecule has 4 nitrogen and oxygen atoms in total. The van der Waals surface area contributed by atoms with Crippen LogP contribution in [0.1, 0.15) is 28.8 Å². The van der Waals surface area contributed by atoms with Gasteiger partial charge in [0.2, 0.25) is 0 Å². The molecule has 3 heterocycles. The van der Waals surface area contributed by atoms with E-state index in [1.807, 2.05) is 0 Å². The molecule has 0 aliphatic heterocycles. The molecule has 0 unspecified atom stereocenters. The van der Waals surface area contributed by atoms with Crippen molar-refractivity contribution >= 4 is 43.2 Å². The highest BCUT2D eigenvalue weighted by molar-refractivity contribution is 7.18. The summed E-state index contributed by atoms with van der Waals surface area (Å²) in [6.45, 7) is 0.752. The highest BCUT2D eigenvalue weighted by atomic mass is 32.1. The number of rotatable bonds is 3. The lowest BCUT2D eigenvalue weighted by atomic mass is 9.97. The minimum absolute atomic E-state index is 0.00900. The van der Waals surface area contributed by atoms with Crippen molar-refractivity contribution in [2.75, 3.05) is 0 Å². The highest BCUT2D eigenvalue weighted by Gasteiger charge is 2.21. The normalized spacial score (nSPS) is 13.6. The van der Waals surface area contributed by atoms with E-state index in [0.29, 0.717) is 5.82 Å². The Bertz CT molecular complexity index is 1770. The van der Waals surface area contributed by atoms with Crippen LogP contribution in [0.2, 0.25) is 0 Å². The van der Waals surface area contributed by atoms with Crippen molar-refractivity contribution in [3.8, 4) is 11.4 Å². The Kier molecular flexibility index (Phi) is 4.46. The fourth-order valence-electron chi connectivity index (χ4n) is 5.47. The molecule has 3 aromatic heterocycles. The number of para-hydroxylation sites is 1. The second-order valence-corrected chi connectivity index (χ2v) is 10.2. The number of hydrogen-bond acceptors (Lipinski definition) is 3. The number of fused-ring (bicyclic) bond motifs is 5. The van der Waals surface area contributed by atoms with Gasteiger partial charge in [0.1, 0.15) is 10.7 Å². The molecule has 166 valence electrons. The lowest BCUT2D eigenvalue weighted by Crippen LogP contribution is -2.11. The first-order valence-corrected chi connectivity index (χ1v) is 12.7.